The highest BCUT2D eigenvalue weighted by atomic mass is 19.1. The summed E-state index contributed by atoms with van der Waals surface area (Å²) in [6.07, 6.45) is 0.766. The van der Waals surface area contributed by atoms with Crippen LogP contribution in [-0.4, -0.2) is 4.98 Å². The summed E-state index contributed by atoms with van der Waals surface area (Å²) in [4.78, 5) is 14.2. The van der Waals surface area contributed by atoms with E-state index in [1.54, 1.807) is 6.07 Å². The van der Waals surface area contributed by atoms with Crippen molar-refractivity contribution < 1.29 is 4.39 Å². The van der Waals surface area contributed by atoms with Crippen molar-refractivity contribution in [2.24, 2.45) is 0 Å². The summed E-state index contributed by atoms with van der Waals surface area (Å²) in [5.41, 5.74) is 0.646. The number of rotatable bonds is 1. The molecule has 2 rings (SSSR count). The zero-order chi connectivity index (χ0) is 10.1. The zero-order valence-electron chi connectivity index (χ0n) is 7.80. The summed E-state index contributed by atoms with van der Waals surface area (Å²) < 4.78 is 12.8. The first-order valence-electron chi connectivity index (χ1n) is 4.52. The fourth-order valence-electron chi connectivity index (χ4n) is 1.48. The molecule has 0 saturated carbocycles. The second-order valence-electron chi connectivity index (χ2n) is 3.21. The Kier molecular flexibility index (Phi) is 2.08. The Morgan fingerprint density at radius 2 is 2.14 bits per heavy atom. The first-order valence-corrected chi connectivity index (χ1v) is 4.52. The first-order chi connectivity index (χ1) is 6.70. The van der Waals surface area contributed by atoms with Gasteiger partial charge in [0.05, 0.1) is 0 Å². The van der Waals surface area contributed by atoms with Gasteiger partial charge in [0.1, 0.15) is 5.82 Å². The van der Waals surface area contributed by atoms with Crippen LogP contribution in [0.4, 0.5) is 4.39 Å². The number of aromatic amines is 1. The molecule has 0 aliphatic carbocycles. The minimum atomic E-state index is -0.382. The van der Waals surface area contributed by atoms with Crippen molar-refractivity contribution in [3.05, 3.63) is 46.1 Å². The normalized spacial score (nSPS) is 10.7. The van der Waals surface area contributed by atoms with E-state index in [2.05, 4.69) is 4.98 Å². The standard InChI is InChI=1S/C11H10FNO/c1-2-9-5-7-3-4-8(12)6-10(7)11(14)13-9/h3-6H,2H2,1H3,(H,13,14). The number of benzene rings is 1. The van der Waals surface area contributed by atoms with Gasteiger partial charge in [0, 0.05) is 11.1 Å². The lowest BCUT2D eigenvalue weighted by molar-refractivity contribution is 0.629. The molecule has 2 nitrogen and oxygen atoms in total. The fraction of sp³-hybridized carbons (Fsp3) is 0.182. The van der Waals surface area contributed by atoms with Gasteiger partial charge in [-0.1, -0.05) is 13.0 Å². The van der Waals surface area contributed by atoms with Crippen LogP contribution in [0.15, 0.2) is 29.1 Å². The average molecular weight is 191 g/mol. The van der Waals surface area contributed by atoms with Crippen LogP contribution in [0.3, 0.4) is 0 Å². The van der Waals surface area contributed by atoms with Gasteiger partial charge in [-0.25, -0.2) is 4.39 Å². The summed E-state index contributed by atoms with van der Waals surface area (Å²) in [5.74, 6) is -0.382. The third-order valence-corrected chi connectivity index (χ3v) is 2.24. The van der Waals surface area contributed by atoms with Gasteiger partial charge in [0.25, 0.3) is 5.56 Å². The Bertz CT molecular complexity index is 530. The monoisotopic (exact) mass is 191 g/mol. The predicted octanol–water partition coefficient (Wildman–Crippen LogP) is 2.23. The van der Waals surface area contributed by atoms with E-state index >= 15 is 0 Å². The Balaban J connectivity index is 2.83. The van der Waals surface area contributed by atoms with E-state index in [0.717, 1.165) is 17.5 Å². The summed E-state index contributed by atoms with van der Waals surface area (Å²) in [5, 5.41) is 1.19. The first kappa shape index (κ1) is 8.94. The van der Waals surface area contributed by atoms with Crippen molar-refractivity contribution >= 4 is 10.8 Å². The Morgan fingerprint density at radius 1 is 1.36 bits per heavy atom. The molecule has 0 saturated heterocycles. The number of H-pyrrole nitrogens is 1. The number of pyridine rings is 1. The van der Waals surface area contributed by atoms with E-state index < -0.39 is 0 Å². The van der Waals surface area contributed by atoms with E-state index in [4.69, 9.17) is 0 Å². The lowest BCUT2D eigenvalue weighted by Gasteiger charge is -2.00. The molecule has 3 heteroatoms. The lowest BCUT2D eigenvalue weighted by Crippen LogP contribution is -2.08. The van der Waals surface area contributed by atoms with Crippen molar-refractivity contribution in [3.63, 3.8) is 0 Å². The molecule has 0 fully saturated rings. The van der Waals surface area contributed by atoms with Gasteiger partial charge in [-0.05, 0) is 30.0 Å². The van der Waals surface area contributed by atoms with Crippen molar-refractivity contribution in [1.29, 1.82) is 0 Å². The maximum absolute atomic E-state index is 12.8. The molecule has 0 atom stereocenters. The van der Waals surface area contributed by atoms with Gasteiger partial charge >= 0.3 is 0 Å². The molecule has 0 spiro atoms. The van der Waals surface area contributed by atoms with Crippen molar-refractivity contribution in [3.8, 4) is 0 Å². The van der Waals surface area contributed by atoms with Crippen molar-refractivity contribution in [2.75, 3.05) is 0 Å². The number of aryl methyl sites for hydroxylation is 1. The third kappa shape index (κ3) is 1.41. The average Bonchev–Trinajstić information content (AvgIpc) is 2.19. The van der Waals surface area contributed by atoms with Gasteiger partial charge in [-0.15, -0.1) is 0 Å². The van der Waals surface area contributed by atoms with Gasteiger partial charge in [0.15, 0.2) is 0 Å². The van der Waals surface area contributed by atoms with Crippen LogP contribution in [-0.2, 0) is 6.42 Å². The van der Waals surface area contributed by atoms with Crippen LogP contribution in [0.2, 0.25) is 0 Å². The van der Waals surface area contributed by atoms with E-state index in [-0.39, 0.29) is 11.4 Å². The summed E-state index contributed by atoms with van der Waals surface area (Å²) in [7, 11) is 0. The van der Waals surface area contributed by atoms with Gasteiger partial charge < -0.3 is 4.98 Å². The fourth-order valence-corrected chi connectivity index (χ4v) is 1.48. The molecule has 1 aromatic carbocycles. The molecular weight excluding hydrogens is 181 g/mol. The molecule has 0 aliphatic rings. The third-order valence-electron chi connectivity index (χ3n) is 2.24. The molecule has 0 amide bonds. The van der Waals surface area contributed by atoms with Gasteiger partial charge in [-0.2, -0.15) is 0 Å². The highest BCUT2D eigenvalue weighted by Gasteiger charge is 2.01. The van der Waals surface area contributed by atoms with Crippen LogP contribution in [0, 0.1) is 5.82 Å². The van der Waals surface area contributed by atoms with Crippen LogP contribution < -0.4 is 5.56 Å². The molecular formula is C11H10FNO. The highest BCUT2D eigenvalue weighted by molar-refractivity contribution is 5.81. The molecule has 0 aliphatic heterocycles. The van der Waals surface area contributed by atoms with Crippen LogP contribution in [0.5, 0.6) is 0 Å². The summed E-state index contributed by atoms with van der Waals surface area (Å²) in [6.45, 7) is 1.96. The molecule has 14 heavy (non-hydrogen) atoms. The van der Waals surface area contributed by atoms with E-state index in [1.807, 2.05) is 13.0 Å². The van der Waals surface area contributed by atoms with E-state index in [9.17, 15) is 9.18 Å². The van der Waals surface area contributed by atoms with Crippen LogP contribution in [0.1, 0.15) is 12.6 Å². The molecule has 1 aromatic heterocycles. The Morgan fingerprint density at radius 3 is 2.86 bits per heavy atom. The molecule has 1 N–H and O–H groups in total. The quantitative estimate of drug-likeness (QED) is 0.736. The molecule has 2 aromatic rings. The smallest absolute Gasteiger partial charge is 0.256 e. The largest absolute Gasteiger partial charge is 0.326 e. The SMILES string of the molecule is CCc1cc2ccc(F)cc2c(=O)[nH]1. The van der Waals surface area contributed by atoms with E-state index in [0.29, 0.717) is 5.39 Å². The molecule has 1 heterocycles. The summed E-state index contributed by atoms with van der Waals surface area (Å²) in [6, 6.07) is 6.12. The van der Waals surface area contributed by atoms with Crippen LogP contribution >= 0.6 is 0 Å². The number of aromatic nitrogens is 1. The molecule has 0 radical (unpaired) electrons. The van der Waals surface area contributed by atoms with Crippen molar-refractivity contribution in [1.82, 2.24) is 4.98 Å². The number of fused-ring (bicyclic) bond motifs is 1. The van der Waals surface area contributed by atoms with Crippen molar-refractivity contribution in [2.45, 2.75) is 13.3 Å². The lowest BCUT2D eigenvalue weighted by atomic mass is 10.1. The number of hydrogen-bond acceptors (Lipinski definition) is 1. The van der Waals surface area contributed by atoms with Gasteiger partial charge in [0.2, 0.25) is 0 Å². The van der Waals surface area contributed by atoms with E-state index in [1.165, 1.54) is 12.1 Å². The number of hydrogen-bond donors (Lipinski definition) is 1. The summed E-state index contributed by atoms with van der Waals surface area (Å²) >= 11 is 0. The number of nitrogens with one attached hydrogen (secondary N) is 1. The molecule has 72 valence electrons. The molecule has 0 unspecified atom stereocenters. The Labute approximate surface area is 80.4 Å². The van der Waals surface area contributed by atoms with Gasteiger partial charge in [-0.3, -0.25) is 4.79 Å². The highest BCUT2D eigenvalue weighted by Crippen LogP contribution is 2.12. The predicted molar refractivity (Wildman–Crippen MR) is 53.9 cm³/mol. The number of halogens is 1. The minimum Gasteiger partial charge on any atom is -0.326 e. The maximum Gasteiger partial charge on any atom is 0.256 e. The van der Waals surface area contributed by atoms with Crippen LogP contribution in [0.25, 0.3) is 10.8 Å². The zero-order valence-corrected chi connectivity index (χ0v) is 7.80. The minimum absolute atomic E-state index is 0.223. The Hall–Kier alpha value is -1.64. The second kappa shape index (κ2) is 3.25. The topological polar surface area (TPSA) is 32.9 Å². The second-order valence-corrected chi connectivity index (χ2v) is 3.21. The maximum atomic E-state index is 12.8. The molecule has 0 bridgehead atoms.